The summed E-state index contributed by atoms with van der Waals surface area (Å²) in [5.41, 5.74) is 0. The molecule has 4 heteroatoms. The molecule has 0 heterocycles. The maximum absolute atomic E-state index is 12.3. The number of nitrogens with one attached hydrogen (secondary N) is 1. The van der Waals surface area contributed by atoms with E-state index in [-0.39, 0.29) is 12.5 Å². The maximum atomic E-state index is 12.3. The van der Waals surface area contributed by atoms with E-state index in [0.717, 1.165) is 44.9 Å². The molecule has 0 saturated heterocycles. The Morgan fingerprint density at radius 3 is 1.49 bits per heavy atom. The van der Waals surface area contributed by atoms with Crippen LogP contribution in [-0.4, -0.2) is 34.9 Å². The second-order valence-electron chi connectivity index (χ2n) is 12.3. The molecule has 2 unspecified atom stereocenters. The first-order valence-corrected chi connectivity index (χ1v) is 18.0. The van der Waals surface area contributed by atoms with Gasteiger partial charge in [-0.25, -0.2) is 0 Å². The largest absolute Gasteiger partial charge is 0.394 e. The number of aliphatic hydroxyl groups excluding tert-OH is 2. The third-order valence-corrected chi connectivity index (χ3v) is 8.22. The smallest absolute Gasteiger partial charge is 0.220 e. The number of allylic oxidation sites excluding steroid dienone is 4. The minimum absolute atomic E-state index is 0.0465. The maximum Gasteiger partial charge on any atom is 0.220 e. The molecule has 0 aromatic heterocycles. The Hall–Kier alpha value is -1.13. The zero-order valence-corrected chi connectivity index (χ0v) is 27.6. The Morgan fingerprint density at radius 1 is 0.585 bits per heavy atom. The van der Waals surface area contributed by atoms with Crippen molar-refractivity contribution in [1.29, 1.82) is 0 Å². The van der Waals surface area contributed by atoms with Crippen molar-refractivity contribution < 1.29 is 15.0 Å². The molecule has 0 rings (SSSR count). The number of rotatable bonds is 32. The highest BCUT2D eigenvalue weighted by Crippen LogP contribution is 2.14. The van der Waals surface area contributed by atoms with Gasteiger partial charge in [-0.2, -0.15) is 0 Å². The molecular weight excluding hydrogens is 506 g/mol. The lowest BCUT2D eigenvalue weighted by Crippen LogP contribution is -2.45. The molecule has 0 saturated carbocycles. The van der Waals surface area contributed by atoms with Crippen LogP contribution in [0.25, 0.3) is 0 Å². The van der Waals surface area contributed by atoms with Crippen LogP contribution in [0.5, 0.6) is 0 Å². The van der Waals surface area contributed by atoms with E-state index in [2.05, 4.69) is 43.5 Å². The lowest BCUT2D eigenvalue weighted by Gasteiger charge is -2.22. The summed E-state index contributed by atoms with van der Waals surface area (Å²) in [5, 5.41) is 23.0. The highest BCUT2D eigenvalue weighted by molar-refractivity contribution is 5.76. The van der Waals surface area contributed by atoms with Crippen molar-refractivity contribution in [3.05, 3.63) is 24.3 Å². The van der Waals surface area contributed by atoms with Gasteiger partial charge in [0.25, 0.3) is 0 Å². The van der Waals surface area contributed by atoms with E-state index >= 15 is 0 Å². The van der Waals surface area contributed by atoms with Crippen LogP contribution >= 0.6 is 0 Å². The second kappa shape index (κ2) is 33.4. The average molecular weight is 578 g/mol. The molecule has 0 radical (unpaired) electrons. The van der Waals surface area contributed by atoms with Gasteiger partial charge in [-0.1, -0.05) is 160 Å². The highest BCUT2D eigenvalue weighted by atomic mass is 16.3. The minimum atomic E-state index is -0.661. The van der Waals surface area contributed by atoms with Gasteiger partial charge in [0, 0.05) is 6.42 Å². The quantitative estimate of drug-likeness (QED) is 0.0550. The van der Waals surface area contributed by atoms with Crippen molar-refractivity contribution in [2.45, 2.75) is 199 Å². The van der Waals surface area contributed by atoms with Gasteiger partial charge in [0.05, 0.1) is 18.8 Å². The topological polar surface area (TPSA) is 69.6 Å². The Kier molecular flexibility index (Phi) is 32.5. The first-order chi connectivity index (χ1) is 20.2. The van der Waals surface area contributed by atoms with Crippen molar-refractivity contribution >= 4 is 5.91 Å². The molecule has 0 aromatic carbocycles. The Balaban J connectivity index is 3.61. The molecule has 0 spiro atoms. The van der Waals surface area contributed by atoms with Crippen LogP contribution in [0.1, 0.15) is 187 Å². The van der Waals surface area contributed by atoms with Crippen LogP contribution in [0.15, 0.2) is 24.3 Å². The number of hydrogen-bond donors (Lipinski definition) is 3. The number of amides is 1. The summed E-state index contributed by atoms with van der Waals surface area (Å²) in [4.78, 5) is 12.3. The highest BCUT2D eigenvalue weighted by Gasteiger charge is 2.19. The van der Waals surface area contributed by atoms with E-state index in [9.17, 15) is 15.0 Å². The first kappa shape index (κ1) is 39.9. The predicted molar refractivity (Wildman–Crippen MR) is 179 cm³/mol. The first-order valence-electron chi connectivity index (χ1n) is 18.0. The van der Waals surface area contributed by atoms with E-state index in [0.29, 0.717) is 12.8 Å². The third kappa shape index (κ3) is 30.1. The summed E-state index contributed by atoms with van der Waals surface area (Å²) in [6, 6.07) is -0.539. The Morgan fingerprint density at radius 2 is 1.00 bits per heavy atom. The van der Waals surface area contributed by atoms with Crippen molar-refractivity contribution in [3.8, 4) is 0 Å². The van der Waals surface area contributed by atoms with Crippen LogP contribution in [0.4, 0.5) is 0 Å². The van der Waals surface area contributed by atoms with Gasteiger partial charge in [0.1, 0.15) is 0 Å². The molecule has 0 bridgehead atoms. The molecule has 0 fully saturated rings. The van der Waals surface area contributed by atoms with Gasteiger partial charge >= 0.3 is 0 Å². The Labute approximate surface area is 256 Å². The fourth-order valence-electron chi connectivity index (χ4n) is 5.39. The summed E-state index contributed by atoms with van der Waals surface area (Å²) in [5.74, 6) is -0.0465. The van der Waals surface area contributed by atoms with Crippen molar-refractivity contribution in [2.24, 2.45) is 0 Å². The predicted octanol–water partition coefficient (Wildman–Crippen LogP) is 10.5. The van der Waals surface area contributed by atoms with Gasteiger partial charge in [-0.15, -0.1) is 0 Å². The summed E-state index contributed by atoms with van der Waals surface area (Å²) < 4.78 is 0. The van der Waals surface area contributed by atoms with Gasteiger partial charge in [-0.05, 0) is 44.9 Å². The van der Waals surface area contributed by atoms with Crippen LogP contribution in [0.3, 0.4) is 0 Å². The van der Waals surface area contributed by atoms with Gasteiger partial charge in [0.15, 0.2) is 0 Å². The van der Waals surface area contributed by atoms with Crippen LogP contribution in [0, 0.1) is 0 Å². The Bertz CT molecular complexity index is 589. The molecule has 1 amide bonds. The van der Waals surface area contributed by atoms with E-state index in [1.807, 2.05) is 0 Å². The molecule has 0 aliphatic rings. The summed E-state index contributed by atoms with van der Waals surface area (Å²) in [6.45, 7) is 4.32. The van der Waals surface area contributed by atoms with E-state index in [1.54, 1.807) is 0 Å². The van der Waals surface area contributed by atoms with Gasteiger partial charge in [-0.3, -0.25) is 4.79 Å². The van der Waals surface area contributed by atoms with E-state index in [4.69, 9.17) is 0 Å². The van der Waals surface area contributed by atoms with E-state index < -0.39 is 12.1 Å². The molecule has 2 atom stereocenters. The van der Waals surface area contributed by atoms with Crippen LogP contribution in [-0.2, 0) is 4.79 Å². The molecule has 4 nitrogen and oxygen atoms in total. The number of hydrogen-bond acceptors (Lipinski definition) is 3. The monoisotopic (exact) mass is 578 g/mol. The van der Waals surface area contributed by atoms with E-state index in [1.165, 1.54) is 116 Å². The third-order valence-electron chi connectivity index (χ3n) is 8.22. The van der Waals surface area contributed by atoms with Crippen molar-refractivity contribution in [1.82, 2.24) is 5.32 Å². The summed E-state index contributed by atoms with van der Waals surface area (Å²) >= 11 is 0. The number of carbonyl (C=O) groups is 1. The van der Waals surface area contributed by atoms with Gasteiger partial charge < -0.3 is 15.5 Å². The fraction of sp³-hybridized carbons (Fsp3) is 0.865. The van der Waals surface area contributed by atoms with Crippen molar-refractivity contribution in [3.63, 3.8) is 0 Å². The molecule has 0 aliphatic heterocycles. The SMILES string of the molecule is CCCCCC/C=C\C/C=C\CCCCCCCC(=O)NC(CO)C(O)CCCCCCCCCCCCCCC. The molecule has 41 heavy (non-hydrogen) atoms. The fourth-order valence-corrected chi connectivity index (χ4v) is 5.39. The zero-order chi connectivity index (χ0) is 30.1. The van der Waals surface area contributed by atoms with Crippen LogP contribution < -0.4 is 5.32 Å². The lowest BCUT2D eigenvalue weighted by molar-refractivity contribution is -0.123. The lowest BCUT2D eigenvalue weighted by atomic mass is 10.0. The van der Waals surface area contributed by atoms with Crippen molar-refractivity contribution in [2.75, 3.05) is 6.61 Å². The normalized spacial score (nSPS) is 13.4. The zero-order valence-electron chi connectivity index (χ0n) is 27.6. The van der Waals surface area contributed by atoms with Crippen LogP contribution in [0.2, 0.25) is 0 Å². The molecule has 0 aliphatic carbocycles. The van der Waals surface area contributed by atoms with Gasteiger partial charge in [0.2, 0.25) is 5.91 Å². The minimum Gasteiger partial charge on any atom is -0.394 e. The summed E-state index contributed by atoms with van der Waals surface area (Å²) in [6.07, 6.45) is 40.8. The number of aliphatic hydroxyl groups is 2. The number of carbonyl (C=O) groups excluding carboxylic acids is 1. The molecule has 3 N–H and O–H groups in total. The standard InChI is InChI=1S/C37H71NO3/c1-3-5-7-9-11-13-15-17-18-19-21-23-25-27-29-31-33-37(41)38-35(34-39)36(40)32-30-28-26-24-22-20-16-14-12-10-8-6-4-2/h13,15,18-19,35-36,39-40H,3-12,14,16-17,20-34H2,1-2H3,(H,38,41)/b15-13-,19-18-. The molecular formula is C37H71NO3. The molecule has 0 aromatic rings. The summed E-state index contributed by atoms with van der Waals surface area (Å²) in [7, 11) is 0. The molecule has 242 valence electrons. The second-order valence-corrected chi connectivity index (χ2v) is 12.3. The number of unbranched alkanes of at least 4 members (excludes halogenated alkanes) is 21. The average Bonchev–Trinajstić information content (AvgIpc) is 2.97.